The van der Waals surface area contributed by atoms with Gasteiger partial charge in [0.1, 0.15) is 6.04 Å². The summed E-state index contributed by atoms with van der Waals surface area (Å²) in [5.74, 6) is -0.730. The number of rotatable bonds is 9. The van der Waals surface area contributed by atoms with Crippen LogP contribution in [0.5, 0.6) is 0 Å². The smallest absolute Gasteiger partial charge is 0.328 e. The molecule has 186 valence electrons. The zero-order valence-corrected chi connectivity index (χ0v) is 20.5. The zero-order valence-electron chi connectivity index (χ0n) is 20.5. The summed E-state index contributed by atoms with van der Waals surface area (Å²) >= 11 is 0. The van der Waals surface area contributed by atoms with Crippen LogP contribution in [0, 0.1) is 22.7 Å². The molecule has 3 N–H and O–H groups in total. The molecule has 8 nitrogen and oxygen atoms in total. The molecular formula is C26H36N2O6. The van der Waals surface area contributed by atoms with Crippen LogP contribution >= 0.6 is 0 Å². The summed E-state index contributed by atoms with van der Waals surface area (Å²) < 4.78 is 11.2. The first-order valence-corrected chi connectivity index (χ1v) is 12.2. The van der Waals surface area contributed by atoms with E-state index in [1.807, 2.05) is 6.08 Å². The van der Waals surface area contributed by atoms with Gasteiger partial charge in [-0.05, 0) is 69.8 Å². The molecule has 1 spiro atoms. The van der Waals surface area contributed by atoms with Crippen LogP contribution in [0.1, 0.15) is 65.7 Å². The van der Waals surface area contributed by atoms with E-state index in [4.69, 9.17) is 15.2 Å². The zero-order chi connectivity index (χ0) is 24.9. The van der Waals surface area contributed by atoms with Gasteiger partial charge < -0.3 is 20.5 Å². The van der Waals surface area contributed by atoms with Crippen molar-refractivity contribution in [3.05, 3.63) is 23.8 Å². The van der Waals surface area contributed by atoms with E-state index in [1.165, 1.54) is 7.11 Å². The topological polar surface area (TPSA) is 125 Å². The molecule has 2 heterocycles. The molecule has 5 aliphatic rings. The second-order valence-electron chi connectivity index (χ2n) is 11.1. The number of nitrogens with two attached hydrogens (primary N) is 1. The molecule has 0 aromatic heterocycles. The number of carbonyl (C=O) groups excluding carboxylic acids is 4. The standard InChI is InChI=1S/C26H36N2O6/c1-15(22(31)28-17(23(32)33-4)7-8-20(27)30)6-5-10-24(2)19(29)9-11-26-13-16-12-18(21(24)26)34-25(16,3)14-26/h6,9,11,16-18,21H,5,7-8,10,12-14H2,1-4H3,(H2,27,30)(H,28,31)/b15-6+/t16-,17+,18+,21+,24-,25+,26+/m1/s1. The fourth-order valence-electron chi connectivity index (χ4n) is 7.27. The third-order valence-electron chi connectivity index (χ3n) is 8.86. The average molecular weight is 473 g/mol. The highest BCUT2D eigenvalue weighted by Crippen LogP contribution is 2.71. The van der Waals surface area contributed by atoms with Crippen LogP contribution in [0.3, 0.4) is 0 Å². The van der Waals surface area contributed by atoms with E-state index in [-0.39, 0.29) is 41.7 Å². The van der Waals surface area contributed by atoms with Crippen molar-refractivity contribution >= 4 is 23.6 Å². The SMILES string of the molecule is COC(=O)[C@H](CCC(N)=O)NC(=O)/C(C)=C/CC[C@]1(C)C(=O)C=C[C@]23C[C@H]4C[C@H](O[C@@]4(C)C2)[C@H]31. The molecule has 4 fully saturated rings. The Morgan fingerprint density at radius 1 is 1.35 bits per heavy atom. The lowest BCUT2D eigenvalue weighted by atomic mass is 9.51. The Morgan fingerprint density at radius 2 is 2.09 bits per heavy atom. The van der Waals surface area contributed by atoms with Crippen molar-refractivity contribution in [2.24, 2.45) is 28.4 Å². The van der Waals surface area contributed by atoms with Crippen molar-refractivity contribution in [1.29, 1.82) is 0 Å². The first-order valence-electron chi connectivity index (χ1n) is 12.2. The van der Waals surface area contributed by atoms with Gasteiger partial charge in [0.2, 0.25) is 11.8 Å². The summed E-state index contributed by atoms with van der Waals surface area (Å²) in [6.07, 6.45) is 10.2. The van der Waals surface area contributed by atoms with Gasteiger partial charge in [-0.15, -0.1) is 0 Å². The van der Waals surface area contributed by atoms with E-state index in [0.717, 1.165) is 19.3 Å². The Hall–Kier alpha value is -2.48. The Morgan fingerprint density at radius 3 is 2.74 bits per heavy atom. The minimum absolute atomic E-state index is 0.0353. The summed E-state index contributed by atoms with van der Waals surface area (Å²) in [5, 5.41) is 2.63. The van der Waals surface area contributed by atoms with Crippen LogP contribution in [0.4, 0.5) is 0 Å². The highest BCUT2D eigenvalue weighted by Gasteiger charge is 2.71. The Balaban J connectivity index is 1.42. The summed E-state index contributed by atoms with van der Waals surface area (Å²) in [5.41, 5.74) is 5.04. The number of allylic oxidation sites excluding steroid dienone is 3. The predicted octanol–water partition coefficient (Wildman–Crippen LogP) is 2.36. The normalized spacial score (nSPS) is 38.5. The summed E-state index contributed by atoms with van der Waals surface area (Å²) in [7, 11) is 1.23. The van der Waals surface area contributed by atoms with E-state index in [9.17, 15) is 19.2 Å². The van der Waals surface area contributed by atoms with Gasteiger partial charge in [-0.2, -0.15) is 0 Å². The van der Waals surface area contributed by atoms with Gasteiger partial charge >= 0.3 is 5.97 Å². The fraction of sp³-hybridized carbons (Fsp3) is 0.692. The van der Waals surface area contributed by atoms with E-state index in [1.54, 1.807) is 13.0 Å². The molecule has 7 atom stereocenters. The van der Waals surface area contributed by atoms with Crippen LogP contribution in [-0.2, 0) is 28.7 Å². The van der Waals surface area contributed by atoms with Crippen molar-refractivity contribution in [3.8, 4) is 0 Å². The molecule has 2 saturated heterocycles. The number of primary amides is 1. The summed E-state index contributed by atoms with van der Waals surface area (Å²) in [6, 6.07) is -0.946. The number of ketones is 1. The second kappa shape index (κ2) is 8.63. The minimum atomic E-state index is -0.946. The van der Waals surface area contributed by atoms with Gasteiger partial charge in [-0.25, -0.2) is 4.79 Å². The summed E-state index contributed by atoms with van der Waals surface area (Å²) in [6.45, 7) is 5.95. The van der Waals surface area contributed by atoms with Gasteiger partial charge in [0.15, 0.2) is 5.78 Å². The lowest BCUT2D eigenvalue weighted by molar-refractivity contribution is -0.168. The number of esters is 1. The van der Waals surface area contributed by atoms with E-state index < -0.39 is 29.2 Å². The number of methoxy groups -OCH3 is 1. The second-order valence-corrected chi connectivity index (χ2v) is 11.1. The maximum absolute atomic E-state index is 13.1. The monoisotopic (exact) mass is 472 g/mol. The number of hydrogen-bond donors (Lipinski definition) is 2. The van der Waals surface area contributed by atoms with Crippen molar-refractivity contribution < 1.29 is 28.7 Å². The largest absolute Gasteiger partial charge is 0.467 e. The first-order chi connectivity index (χ1) is 15.9. The number of carbonyl (C=O) groups is 4. The molecule has 2 amide bonds. The van der Waals surface area contributed by atoms with Crippen LogP contribution in [0.2, 0.25) is 0 Å². The molecular weight excluding hydrogens is 436 g/mol. The van der Waals surface area contributed by atoms with Crippen molar-refractivity contribution in [2.75, 3.05) is 7.11 Å². The van der Waals surface area contributed by atoms with E-state index >= 15 is 0 Å². The lowest BCUT2D eigenvalue weighted by Gasteiger charge is -2.55. The summed E-state index contributed by atoms with van der Waals surface area (Å²) in [4.78, 5) is 48.9. The molecule has 34 heavy (non-hydrogen) atoms. The molecule has 0 unspecified atom stereocenters. The molecule has 8 heteroatoms. The maximum atomic E-state index is 13.1. The first kappa shape index (κ1) is 24.6. The number of hydrogen-bond acceptors (Lipinski definition) is 6. The number of nitrogens with one attached hydrogen (secondary N) is 1. The van der Waals surface area contributed by atoms with Gasteiger partial charge in [-0.1, -0.05) is 19.1 Å². The number of ether oxygens (including phenoxy) is 2. The predicted molar refractivity (Wildman–Crippen MR) is 124 cm³/mol. The average Bonchev–Trinajstić information content (AvgIpc) is 3.14. The Bertz CT molecular complexity index is 972. The molecule has 0 aromatic rings. The van der Waals surface area contributed by atoms with Gasteiger partial charge in [0.25, 0.3) is 0 Å². The molecule has 5 rings (SSSR count). The van der Waals surface area contributed by atoms with Gasteiger partial charge in [-0.3, -0.25) is 14.4 Å². The third kappa shape index (κ3) is 4.00. The van der Waals surface area contributed by atoms with Crippen LogP contribution in [-0.4, -0.2) is 48.4 Å². The Labute approximate surface area is 200 Å². The van der Waals surface area contributed by atoms with E-state index in [2.05, 4.69) is 25.2 Å². The molecule has 4 bridgehead atoms. The molecule has 3 aliphatic carbocycles. The van der Waals surface area contributed by atoms with E-state index in [0.29, 0.717) is 24.3 Å². The van der Waals surface area contributed by atoms with Crippen LogP contribution < -0.4 is 11.1 Å². The van der Waals surface area contributed by atoms with Gasteiger partial charge in [0.05, 0.1) is 18.8 Å². The van der Waals surface area contributed by atoms with Crippen molar-refractivity contribution in [1.82, 2.24) is 5.32 Å². The van der Waals surface area contributed by atoms with Crippen LogP contribution in [0.15, 0.2) is 23.8 Å². The maximum Gasteiger partial charge on any atom is 0.328 e. The Kier molecular flexibility index (Phi) is 6.25. The minimum Gasteiger partial charge on any atom is -0.467 e. The third-order valence-corrected chi connectivity index (χ3v) is 8.86. The molecule has 0 radical (unpaired) electrons. The van der Waals surface area contributed by atoms with Crippen LogP contribution in [0.25, 0.3) is 0 Å². The molecule has 0 aromatic carbocycles. The molecule has 2 saturated carbocycles. The number of amides is 2. The van der Waals surface area contributed by atoms with Crippen molar-refractivity contribution in [3.63, 3.8) is 0 Å². The molecule has 2 aliphatic heterocycles. The highest BCUT2D eigenvalue weighted by atomic mass is 16.5. The fourth-order valence-corrected chi connectivity index (χ4v) is 7.27. The van der Waals surface area contributed by atoms with Crippen molar-refractivity contribution in [2.45, 2.75) is 83.5 Å². The lowest BCUT2D eigenvalue weighted by Crippen LogP contribution is -2.56. The quantitative estimate of drug-likeness (QED) is 0.392. The van der Waals surface area contributed by atoms with Gasteiger partial charge in [0, 0.05) is 23.3 Å². The highest BCUT2D eigenvalue weighted by molar-refractivity contribution is 5.97.